The topological polar surface area (TPSA) is 97.6 Å². The number of alkyl halides is 3. The summed E-state index contributed by atoms with van der Waals surface area (Å²) in [5, 5.41) is 3.50. The highest BCUT2D eigenvalue weighted by Crippen LogP contribution is 2.39. The van der Waals surface area contributed by atoms with Gasteiger partial charge in [-0.3, -0.25) is 4.90 Å². The Kier molecular flexibility index (Phi) is 7.52. The van der Waals surface area contributed by atoms with Crippen LogP contribution in [0.1, 0.15) is 16.9 Å². The van der Waals surface area contributed by atoms with Crippen LogP contribution in [-0.4, -0.2) is 41.5 Å². The normalized spacial score (nSPS) is 15.2. The summed E-state index contributed by atoms with van der Waals surface area (Å²) in [6.07, 6.45) is -3.41. The molecule has 1 aliphatic rings. The average molecular weight is 613 g/mol. The Hall–Kier alpha value is -4.49. The zero-order valence-corrected chi connectivity index (χ0v) is 23.3. The number of nitrogens with zero attached hydrogens (tertiary/aromatic N) is 3. The second kappa shape index (κ2) is 11.3. The molecule has 1 fully saturated rings. The van der Waals surface area contributed by atoms with Crippen LogP contribution in [0.3, 0.4) is 0 Å². The van der Waals surface area contributed by atoms with Crippen molar-refractivity contribution in [3.63, 3.8) is 0 Å². The molecule has 222 valence electrons. The molecule has 1 N–H and O–H groups in total. The fraction of sp³-hybridized carbons (Fsp3) is 0.200. The number of hydrogen-bond donors (Lipinski definition) is 1. The predicted octanol–water partition coefficient (Wildman–Crippen LogP) is 6.56. The molecule has 8 nitrogen and oxygen atoms in total. The Labute approximate surface area is 243 Å². The highest BCUT2D eigenvalue weighted by Gasteiger charge is 2.35. The first kappa shape index (κ1) is 28.6. The van der Waals surface area contributed by atoms with E-state index in [0.29, 0.717) is 46.6 Å². The molecule has 0 amide bonds. The lowest BCUT2D eigenvalue weighted by atomic mass is 10.1. The van der Waals surface area contributed by atoms with E-state index in [1.165, 1.54) is 36.7 Å². The summed E-state index contributed by atoms with van der Waals surface area (Å²) >= 11 is 0. The SMILES string of the molecule is O=S1(=O)CCN(Cc2ccc(-c3ccc4ncnc(Nc5ccc(OCc6cccc(F)c6)c(C(F)(F)F)c5)c4c3)o2)C1. The second-order valence-electron chi connectivity index (χ2n) is 10.1. The van der Waals surface area contributed by atoms with E-state index in [4.69, 9.17) is 9.15 Å². The Balaban J connectivity index is 1.24. The van der Waals surface area contributed by atoms with Crippen LogP contribution in [0.4, 0.5) is 29.1 Å². The van der Waals surface area contributed by atoms with Gasteiger partial charge in [0.25, 0.3) is 0 Å². The number of benzene rings is 3. The minimum absolute atomic E-state index is 0.0124. The molecular weight excluding hydrogens is 588 g/mol. The van der Waals surface area contributed by atoms with Crippen molar-refractivity contribution in [3.8, 4) is 17.1 Å². The van der Waals surface area contributed by atoms with Gasteiger partial charge in [-0.15, -0.1) is 0 Å². The first-order valence-electron chi connectivity index (χ1n) is 13.1. The van der Waals surface area contributed by atoms with Gasteiger partial charge in [-0.05, 0) is 66.2 Å². The summed E-state index contributed by atoms with van der Waals surface area (Å²) in [7, 11) is -3.06. The third-order valence-electron chi connectivity index (χ3n) is 6.89. The lowest BCUT2D eigenvalue weighted by molar-refractivity contribution is -0.139. The molecule has 1 aliphatic heterocycles. The molecule has 0 saturated carbocycles. The standard InChI is InChI=1S/C30H24F4N4O4S/c31-21-3-1-2-19(12-21)16-41-28-8-5-22(14-25(28)30(32,33)34)37-29-24-13-20(4-7-26(24)35-17-36-29)27-9-6-23(42-27)15-38-10-11-43(39,40)18-38/h1-9,12-14,17H,10-11,15-16,18H2,(H,35,36,37). The zero-order chi connectivity index (χ0) is 30.2. The number of nitrogens with one attached hydrogen (secondary N) is 1. The third-order valence-corrected chi connectivity index (χ3v) is 8.45. The molecule has 0 bridgehead atoms. The zero-order valence-electron chi connectivity index (χ0n) is 22.4. The van der Waals surface area contributed by atoms with Crippen molar-refractivity contribution < 1.29 is 35.1 Å². The summed E-state index contributed by atoms with van der Waals surface area (Å²) in [4.78, 5) is 10.3. The van der Waals surface area contributed by atoms with Gasteiger partial charge in [0, 0.05) is 23.2 Å². The number of ether oxygens (including phenoxy) is 1. The Morgan fingerprint density at radius 3 is 2.63 bits per heavy atom. The van der Waals surface area contributed by atoms with E-state index in [0.717, 1.165) is 6.07 Å². The smallest absolute Gasteiger partial charge is 0.420 e. The second-order valence-corrected chi connectivity index (χ2v) is 12.3. The van der Waals surface area contributed by atoms with Crippen LogP contribution in [0.25, 0.3) is 22.2 Å². The maximum atomic E-state index is 14.0. The van der Waals surface area contributed by atoms with Crippen LogP contribution in [0.15, 0.2) is 83.5 Å². The van der Waals surface area contributed by atoms with E-state index < -0.39 is 33.1 Å². The Morgan fingerprint density at radius 2 is 1.86 bits per heavy atom. The summed E-state index contributed by atoms with van der Waals surface area (Å²) < 4.78 is 90.3. The van der Waals surface area contributed by atoms with Gasteiger partial charge in [0.05, 0.1) is 23.4 Å². The van der Waals surface area contributed by atoms with E-state index in [-0.39, 0.29) is 29.7 Å². The van der Waals surface area contributed by atoms with Gasteiger partial charge in [0.15, 0.2) is 9.84 Å². The monoisotopic (exact) mass is 612 g/mol. The first-order valence-corrected chi connectivity index (χ1v) is 15.0. The quantitative estimate of drug-likeness (QED) is 0.197. The van der Waals surface area contributed by atoms with Gasteiger partial charge in [-0.25, -0.2) is 22.8 Å². The van der Waals surface area contributed by atoms with Gasteiger partial charge < -0.3 is 14.5 Å². The van der Waals surface area contributed by atoms with Gasteiger partial charge in [-0.1, -0.05) is 12.1 Å². The van der Waals surface area contributed by atoms with Crippen molar-refractivity contribution >= 4 is 32.2 Å². The van der Waals surface area contributed by atoms with Crippen LogP contribution in [0.5, 0.6) is 5.75 Å². The van der Waals surface area contributed by atoms with Gasteiger partial charge >= 0.3 is 6.18 Å². The molecular formula is C30H24F4N4O4S. The fourth-order valence-corrected chi connectivity index (χ4v) is 6.27. The number of halogens is 4. The van der Waals surface area contributed by atoms with Gasteiger partial charge in [-0.2, -0.15) is 13.2 Å². The number of anilines is 2. The molecule has 3 aromatic carbocycles. The highest BCUT2D eigenvalue weighted by molar-refractivity contribution is 7.91. The summed E-state index contributed by atoms with van der Waals surface area (Å²) in [5.41, 5.74) is 0.758. The molecule has 0 spiro atoms. The summed E-state index contributed by atoms with van der Waals surface area (Å²) in [6.45, 7) is 0.557. The molecule has 3 heterocycles. The molecule has 6 rings (SSSR count). The average Bonchev–Trinajstić information content (AvgIpc) is 3.57. The number of fused-ring (bicyclic) bond motifs is 1. The minimum atomic E-state index is -4.72. The molecule has 13 heteroatoms. The number of hydrogen-bond acceptors (Lipinski definition) is 8. The number of sulfone groups is 1. The van der Waals surface area contributed by atoms with Crippen LogP contribution < -0.4 is 10.1 Å². The van der Waals surface area contributed by atoms with Crippen molar-refractivity contribution in [1.82, 2.24) is 14.9 Å². The third kappa shape index (κ3) is 6.62. The molecule has 1 saturated heterocycles. The molecule has 0 radical (unpaired) electrons. The Bertz CT molecular complexity index is 1910. The minimum Gasteiger partial charge on any atom is -0.488 e. The van der Waals surface area contributed by atoms with Crippen LogP contribution in [-0.2, 0) is 29.2 Å². The first-order chi connectivity index (χ1) is 20.5. The maximum Gasteiger partial charge on any atom is 0.420 e. The van der Waals surface area contributed by atoms with E-state index >= 15 is 0 Å². The number of aromatic nitrogens is 2. The van der Waals surface area contributed by atoms with Crippen molar-refractivity contribution in [2.24, 2.45) is 0 Å². The van der Waals surface area contributed by atoms with E-state index in [9.17, 15) is 26.0 Å². The van der Waals surface area contributed by atoms with E-state index in [2.05, 4.69) is 15.3 Å². The number of rotatable bonds is 8. The van der Waals surface area contributed by atoms with Crippen molar-refractivity contribution in [2.45, 2.75) is 19.3 Å². The van der Waals surface area contributed by atoms with Crippen molar-refractivity contribution in [3.05, 3.63) is 102 Å². The van der Waals surface area contributed by atoms with E-state index in [1.807, 2.05) is 0 Å². The highest BCUT2D eigenvalue weighted by atomic mass is 32.2. The van der Waals surface area contributed by atoms with Crippen LogP contribution in [0.2, 0.25) is 0 Å². The molecule has 0 atom stereocenters. The van der Waals surface area contributed by atoms with Gasteiger partial charge in [0.2, 0.25) is 0 Å². The largest absolute Gasteiger partial charge is 0.488 e. The Morgan fingerprint density at radius 1 is 1.00 bits per heavy atom. The molecule has 2 aromatic heterocycles. The number of furan rings is 1. The van der Waals surface area contributed by atoms with Crippen LogP contribution >= 0.6 is 0 Å². The van der Waals surface area contributed by atoms with Crippen molar-refractivity contribution in [1.29, 1.82) is 0 Å². The lowest BCUT2D eigenvalue weighted by Gasteiger charge is -2.16. The van der Waals surface area contributed by atoms with Crippen LogP contribution in [0, 0.1) is 5.82 Å². The summed E-state index contributed by atoms with van der Waals surface area (Å²) in [5.74, 6) is 0.628. The molecule has 0 unspecified atom stereocenters. The fourth-order valence-electron chi connectivity index (χ4n) is 4.83. The van der Waals surface area contributed by atoms with E-state index in [1.54, 1.807) is 41.3 Å². The molecule has 5 aromatic rings. The van der Waals surface area contributed by atoms with Gasteiger partial charge in [0.1, 0.15) is 47.7 Å². The molecule has 43 heavy (non-hydrogen) atoms. The predicted molar refractivity (Wildman–Crippen MR) is 152 cm³/mol. The lowest BCUT2D eigenvalue weighted by Crippen LogP contribution is -2.19. The molecule has 0 aliphatic carbocycles. The maximum absolute atomic E-state index is 14.0. The summed E-state index contributed by atoms with van der Waals surface area (Å²) in [6, 6.07) is 17.9. The van der Waals surface area contributed by atoms with Crippen molar-refractivity contribution in [2.75, 3.05) is 23.5 Å².